The van der Waals surface area contributed by atoms with Gasteiger partial charge in [-0.05, 0) is 11.5 Å². The summed E-state index contributed by atoms with van der Waals surface area (Å²) in [5.41, 5.74) is 1.23. The first-order valence-corrected chi connectivity index (χ1v) is 3.28. The molecule has 0 spiro atoms. The van der Waals surface area contributed by atoms with Crippen molar-refractivity contribution in [3.63, 3.8) is 0 Å². The van der Waals surface area contributed by atoms with Crippen LogP contribution >= 0.6 is 0 Å². The van der Waals surface area contributed by atoms with E-state index in [0.717, 1.165) is 7.28 Å². The monoisotopic (exact) mass is 123 g/mol. The predicted molar refractivity (Wildman–Crippen MR) is 45.5 cm³/mol. The standard InChI is InChI=1S/C7H14BN/c1-5-8-7(9-4)6(2)3/h5-6,8H,1H2,2-4H3/b9-7-. The molecule has 0 N–H and O–H groups in total. The second-order valence-corrected chi connectivity index (χ2v) is 2.36. The molecule has 0 aromatic carbocycles. The van der Waals surface area contributed by atoms with Crippen LogP contribution in [0.15, 0.2) is 17.5 Å². The lowest BCUT2D eigenvalue weighted by Gasteiger charge is -2.03. The molecule has 0 rings (SSSR count). The third kappa shape index (κ3) is 3.12. The van der Waals surface area contributed by atoms with Gasteiger partial charge < -0.3 is 4.99 Å². The second-order valence-electron chi connectivity index (χ2n) is 2.36. The molecule has 0 aliphatic heterocycles. The molecule has 0 aliphatic rings. The van der Waals surface area contributed by atoms with Crippen molar-refractivity contribution in [2.45, 2.75) is 13.8 Å². The minimum absolute atomic E-state index is 0.563. The van der Waals surface area contributed by atoms with Crippen LogP contribution in [0.3, 0.4) is 0 Å². The highest BCUT2D eigenvalue weighted by atomic mass is 14.7. The van der Waals surface area contributed by atoms with Gasteiger partial charge in [-0.3, -0.25) is 0 Å². The number of hydrogen-bond donors (Lipinski definition) is 0. The Balaban J connectivity index is 3.84. The van der Waals surface area contributed by atoms with E-state index in [1.54, 1.807) is 0 Å². The predicted octanol–water partition coefficient (Wildman–Crippen LogP) is 1.25. The highest BCUT2D eigenvalue weighted by Gasteiger charge is 2.00. The summed E-state index contributed by atoms with van der Waals surface area (Å²) < 4.78 is 0. The van der Waals surface area contributed by atoms with Gasteiger partial charge >= 0.3 is 0 Å². The summed E-state index contributed by atoms with van der Waals surface area (Å²) in [4.78, 5) is 4.12. The molecule has 0 saturated carbocycles. The third-order valence-corrected chi connectivity index (χ3v) is 1.31. The quantitative estimate of drug-likeness (QED) is 0.395. The van der Waals surface area contributed by atoms with Crippen molar-refractivity contribution in [2.24, 2.45) is 10.9 Å². The summed E-state index contributed by atoms with van der Waals surface area (Å²) in [6.07, 6.45) is 0. The largest absolute Gasteiger partial charge is 0.307 e. The van der Waals surface area contributed by atoms with Gasteiger partial charge in [0.2, 0.25) is 7.28 Å². The lowest BCUT2D eigenvalue weighted by atomic mass is 9.68. The van der Waals surface area contributed by atoms with Crippen molar-refractivity contribution in [1.82, 2.24) is 0 Å². The molecule has 0 aromatic heterocycles. The molecule has 0 saturated heterocycles. The number of rotatable bonds is 3. The van der Waals surface area contributed by atoms with Gasteiger partial charge in [0.1, 0.15) is 0 Å². The Hall–Kier alpha value is -0.525. The van der Waals surface area contributed by atoms with Gasteiger partial charge in [-0.25, -0.2) is 0 Å². The van der Waals surface area contributed by atoms with Gasteiger partial charge in [0.25, 0.3) is 0 Å². The van der Waals surface area contributed by atoms with Crippen molar-refractivity contribution in [3.8, 4) is 0 Å². The Labute approximate surface area is 58.1 Å². The summed E-state index contributed by atoms with van der Waals surface area (Å²) in [5, 5.41) is 0. The van der Waals surface area contributed by atoms with Crippen LogP contribution in [0, 0.1) is 5.92 Å². The van der Waals surface area contributed by atoms with Crippen LogP contribution in [-0.4, -0.2) is 19.9 Å². The molecule has 0 amide bonds. The Kier molecular flexibility index (Phi) is 4.11. The van der Waals surface area contributed by atoms with E-state index in [2.05, 4.69) is 25.4 Å². The van der Waals surface area contributed by atoms with Crippen molar-refractivity contribution in [2.75, 3.05) is 7.05 Å². The summed E-state index contributed by atoms with van der Waals surface area (Å²) in [6, 6.07) is 0. The zero-order valence-electron chi connectivity index (χ0n) is 6.52. The molecule has 9 heavy (non-hydrogen) atoms. The molecule has 50 valence electrons. The van der Waals surface area contributed by atoms with E-state index in [1.807, 2.05) is 13.0 Å². The van der Waals surface area contributed by atoms with Crippen LogP contribution in [0.4, 0.5) is 0 Å². The molecular weight excluding hydrogens is 109 g/mol. The van der Waals surface area contributed by atoms with Gasteiger partial charge in [0.05, 0.1) is 0 Å². The molecule has 0 aliphatic carbocycles. The lowest BCUT2D eigenvalue weighted by Crippen LogP contribution is -2.13. The maximum Gasteiger partial charge on any atom is 0.201 e. The van der Waals surface area contributed by atoms with Gasteiger partial charge in [0, 0.05) is 7.05 Å². The smallest absolute Gasteiger partial charge is 0.201 e. The molecular formula is C7H14BN. The molecule has 0 unspecified atom stereocenters. The Morgan fingerprint density at radius 3 is 2.33 bits per heavy atom. The van der Waals surface area contributed by atoms with E-state index >= 15 is 0 Å². The first-order valence-electron chi connectivity index (χ1n) is 3.28. The summed E-state index contributed by atoms with van der Waals surface area (Å²) in [5.74, 6) is 2.45. The van der Waals surface area contributed by atoms with E-state index in [0.29, 0.717) is 5.92 Å². The zero-order chi connectivity index (χ0) is 7.28. The van der Waals surface area contributed by atoms with Gasteiger partial charge in [-0.2, -0.15) is 0 Å². The Morgan fingerprint density at radius 1 is 1.67 bits per heavy atom. The Bertz CT molecular complexity index is 116. The summed E-state index contributed by atoms with van der Waals surface area (Å²) in [7, 11) is 2.76. The van der Waals surface area contributed by atoms with E-state index < -0.39 is 0 Å². The maximum atomic E-state index is 4.12. The molecule has 0 radical (unpaired) electrons. The van der Waals surface area contributed by atoms with E-state index in [1.165, 1.54) is 5.61 Å². The first-order chi connectivity index (χ1) is 4.22. The van der Waals surface area contributed by atoms with Crippen LogP contribution < -0.4 is 0 Å². The normalized spacial score (nSPS) is 11.8. The first kappa shape index (κ1) is 8.47. The molecule has 1 nitrogen and oxygen atoms in total. The number of nitrogens with zero attached hydrogens (tertiary/aromatic N) is 1. The van der Waals surface area contributed by atoms with Gasteiger partial charge in [-0.1, -0.05) is 13.8 Å². The zero-order valence-corrected chi connectivity index (χ0v) is 6.52. The van der Waals surface area contributed by atoms with Crippen molar-refractivity contribution < 1.29 is 0 Å². The van der Waals surface area contributed by atoms with Crippen LogP contribution in [0.25, 0.3) is 0 Å². The van der Waals surface area contributed by atoms with E-state index in [4.69, 9.17) is 0 Å². The summed E-state index contributed by atoms with van der Waals surface area (Å²) >= 11 is 0. The minimum Gasteiger partial charge on any atom is -0.307 e. The van der Waals surface area contributed by atoms with Crippen molar-refractivity contribution >= 4 is 12.9 Å². The fourth-order valence-electron chi connectivity index (χ4n) is 0.733. The molecule has 0 bridgehead atoms. The van der Waals surface area contributed by atoms with Crippen LogP contribution in [0.2, 0.25) is 0 Å². The van der Waals surface area contributed by atoms with Gasteiger partial charge in [0.15, 0.2) is 0 Å². The molecule has 0 fully saturated rings. The number of hydrogen-bond acceptors (Lipinski definition) is 1. The summed E-state index contributed by atoms with van der Waals surface area (Å²) in [6.45, 7) is 7.94. The Morgan fingerprint density at radius 2 is 2.22 bits per heavy atom. The van der Waals surface area contributed by atoms with Crippen LogP contribution in [0.1, 0.15) is 13.8 Å². The molecule has 0 aromatic rings. The van der Waals surface area contributed by atoms with E-state index in [-0.39, 0.29) is 0 Å². The number of aliphatic imine (C=N–C) groups is 1. The molecule has 0 heterocycles. The second kappa shape index (κ2) is 4.36. The molecule has 2 heteroatoms. The minimum atomic E-state index is 0.563. The molecule has 0 atom stereocenters. The highest BCUT2D eigenvalue weighted by Crippen LogP contribution is 1.94. The van der Waals surface area contributed by atoms with Crippen molar-refractivity contribution in [1.29, 1.82) is 0 Å². The fourth-order valence-corrected chi connectivity index (χ4v) is 0.733. The average Bonchev–Trinajstić information content (AvgIpc) is 1.82. The van der Waals surface area contributed by atoms with Crippen LogP contribution in [0.5, 0.6) is 0 Å². The fraction of sp³-hybridized carbons (Fsp3) is 0.571. The SMILES string of the molecule is C=CB/C(=N\C)C(C)C. The lowest BCUT2D eigenvalue weighted by molar-refractivity contribution is 0.895. The maximum absolute atomic E-state index is 4.12. The van der Waals surface area contributed by atoms with Crippen LogP contribution in [-0.2, 0) is 0 Å². The topological polar surface area (TPSA) is 12.4 Å². The van der Waals surface area contributed by atoms with Crippen molar-refractivity contribution in [3.05, 3.63) is 12.6 Å². The highest BCUT2D eigenvalue weighted by molar-refractivity contribution is 6.79. The average molecular weight is 123 g/mol. The van der Waals surface area contributed by atoms with Gasteiger partial charge in [-0.15, -0.1) is 12.6 Å². The van der Waals surface area contributed by atoms with E-state index in [9.17, 15) is 0 Å². The third-order valence-electron chi connectivity index (χ3n) is 1.31.